The zero-order chi connectivity index (χ0) is 30.5. The Bertz CT molecular complexity index is 1580. The summed E-state index contributed by atoms with van der Waals surface area (Å²) in [6.07, 6.45) is 0.257. The Kier molecular flexibility index (Phi) is 8.87. The van der Waals surface area contributed by atoms with E-state index in [0.29, 0.717) is 58.0 Å². The molecule has 0 aromatic heterocycles. The first-order valence-electron chi connectivity index (χ1n) is 14.2. The lowest BCUT2D eigenvalue weighted by molar-refractivity contribution is -0.132. The van der Waals surface area contributed by atoms with Crippen LogP contribution in [0.25, 0.3) is 11.3 Å². The molecule has 0 saturated carbocycles. The first-order chi connectivity index (χ1) is 20.7. The summed E-state index contributed by atoms with van der Waals surface area (Å²) in [5, 5.41) is 9.09. The summed E-state index contributed by atoms with van der Waals surface area (Å²) in [5.74, 6) is -0.993. The average molecular weight is 582 g/mol. The topological polar surface area (TPSA) is 120 Å². The number of likely N-dealkylation sites (N-methyl/N-ethyl adjacent to an activating group) is 1. The molecule has 2 heterocycles. The van der Waals surface area contributed by atoms with Crippen LogP contribution in [-0.2, 0) is 14.3 Å². The first kappa shape index (κ1) is 29.5. The van der Waals surface area contributed by atoms with Gasteiger partial charge in [0.05, 0.1) is 29.6 Å². The quantitative estimate of drug-likeness (QED) is 0.275. The van der Waals surface area contributed by atoms with Crippen molar-refractivity contribution in [3.8, 4) is 0 Å². The number of methoxy groups -OCH3 is 1. The molecule has 1 fully saturated rings. The van der Waals surface area contributed by atoms with Crippen molar-refractivity contribution >= 4 is 46.3 Å². The van der Waals surface area contributed by atoms with Crippen LogP contribution in [0.2, 0.25) is 0 Å². The van der Waals surface area contributed by atoms with E-state index in [1.54, 1.807) is 43.3 Å². The highest BCUT2D eigenvalue weighted by atomic mass is 16.5. The predicted octanol–water partition coefficient (Wildman–Crippen LogP) is 3.61. The molecule has 0 unspecified atom stereocenters. The molecule has 10 nitrogen and oxygen atoms in total. The fourth-order valence-electron chi connectivity index (χ4n) is 5.24. The number of hydrogen-bond donors (Lipinski definition) is 3. The van der Waals surface area contributed by atoms with E-state index in [4.69, 9.17) is 4.74 Å². The summed E-state index contributed by atoms with van der Waals surface area (Å²) in [6.45, 7) is 5.19. The summed E-state index contributed by atoms with van der Waals surface area (Å²) >= 11 is 0. The summed E-state index contributed by atoms with van der Waals surface area (Å²) < 4.78 is 4.89. The molecule has 0 aliphatic carbocycles. The summed E-state index contributed by atoms with van der Waals surface area (Å²) in [5.41, 5.74) is 5.22. The summed E-state index contributed by atoms with van der Waals surface area (Å²) in [6, 6.07) is 19.9. The van der Waals surface area contributed by atoms with Gasteiger partial charge in [-0.05, 0) is 61.5 Å². The normalized spacial score (nSPS) is 15.8. The number of aryl methyl sites for hydroxylation is 1. The van der Waals surface area contributed by atoms with Crippen LogP contribution >= 0.6 is 0 Å². The fourth-order valence-corrected chi connectivity index (χ4v) is 5.24. The van der Waals surface area contributed by atoms with Gasteiger partial charge in [-0.15, -0.1) is 0 Å². The second-order valence-corrected chi connectivity index (χ2v) is 10.7. The van der Waals surface area contributed by atoms with Gasteiger partial charge in [0.15, 0.2) is 0 Å². The summed E-state index contributed by atoms with van der Waals surface area (Å²) in [4.78, 5) is 54.8. The van der Waals surface area contributed by atoms with Gasteiger partial charge in [0.2, 0.25) is 5.91 Å². The number of rotatable bonds is 8. The van der Waals surface area contributed by atoms with Crippen molar-refractivity contribution in [2.75, 3.05) is 57.5 Å². The van der Waals surface area contributed by atoms with Crippen molar-refractivity contribution in [1.29, 1.82) is 0 Å². The van der Waals surface area contributed by atoms with Crippen LogP contribution in [0.15, 0.2) is 66.7 Å². The van der Waals surface area contributed by atoms with Crippen molar-refractivity contribution in [3.05, 3.63) is 94.5 Å². The highest BCUT2D eigenvalue weighted by Gasteiger charge is 2.30. The Morgan fingerprint density at radius 2 is 1.63 bits per heavy atom. The molecule has 3 amide bonds. The number of anilines is 2. The molecule has 3 N–H and O–H groups in total. The maximum Gasteiger partial charge on any atom is 0.338 e. The lowest BCUT2D eigenvalue weighted by Gasteiger charge is -2.32. The molecule has 2 aliphatic rings. The van der Waals surface area contributed by atoms with E-state index in [1.165, 1.54) is 7.11 Å². The molecule has 43 heavy (non-hydrogen) atoms. The van der Waals surface area contributed by atoms with Crippen molar-refractivity contribution in [1.82, 2.24) is 15.1 Å². The Morgan fingerprint density at radius 3 is 2.30 bits per heavy atom. The number of nitrogens with zero attached hydrogens (tertiary/aromatic N) is 2. The van der Waals surface area contributed by atoms with Gasteiger partial charge in [-0.3, -0.25) is 14.4 Å². The van der Waals surface area contributed by atoms with E-state index in [-0.39, 0.29) is 30.7 Å². The molecule has 0 atom stereocenters. The Balaban J connectivity index is 1.33. The SMILES string of the molecule is COC(=O)c1cc2c(cc1C)/C(=C(\Nc1ccc(C(=O)NCCC(=O)N3CCN(C)CC3)cc1)c1ccccc1)C(=O)N2. The van der Waals surface area contributed by atoms with Crippen LogP contribution in [0, 0.1) is 6.92 Å². The number of hydrogen-bond acceptors (Lipinski definition) is 7. The smallest absolute Gasteiger partial charge is 0.338 e. The van der Waals surface area contributed by atoms with Crippen molar-refractivity contribution in [3.63, 3.8) is 0 Å². The molecule has 0 bridgehead atoms. The van der Waals surface area contributed by atoms with Gasteiger partial charge >= 0.3 is 5.97 Å². The third kappa shape index (κ3) is 6.60. The van der Waals surface area contributed by atoms with E-state index >= 15 is 0 Å². The number of nitrogens with one attached hydrogen (secondary N) is 3. The van der Waals surface area contributed by atoms with Gasteiger partial charge in [0.1, 0.15) is 0 Å². The molecule has 1 saturated heterocycles. The minimum atomic E-state index is -0.473. The molecule has 0 radical (unpaired) electrons. The number of esters is 1. The number of carbonyl (C=O) groups excluding carboxylic acids is 4. The highest BCUT2D eigenvalue weighted by Crippen LogP contribution is 2.39. The van der Waals surface area contributed by atoms with Crippen LogP contribution < -0.4 is 16.0 Å². The lowest BCUT2D eigenvalue weighted by Crippen LogP contribution is -2.47. The highest BCUT2D eigenvalue weighted by molar-refractivity contribution is 6.37. The molecule has 222 valence electrons. The maximum atomic E-state index is 13.3. The summed E-state index contributed by atoms with van der Waals surface area (Å²) in [7, 11) is 3.36. The Morgan fingerprint density at radius 1 is 0.930 bits per heavy atom. The standard InChI is InChI=1S/C33H35N5O5/c1-21-19-26-27(20-25(21)33(42)43-3)36-32(41)29(26)30(22-7-5-4-6-8-22)35-24-11-9-23(10-12-24)31(40)34-14-13-28(39)38-17-15-37(2)16-18-38/h4-12,19-20,35H,13-18H2,1-3H3,(H,34,40)(H,36,41)/b30-29+. The molecular formula is C33H35N5O5. The van der Waals surface area contributed by atoms with Crippen molar-refractivity contribution in [2.24, 2.45) is 0 Å². The Hall–Kier alpha value is -4.96. The van der Waals surface area contributed by atoms with Crippen LogP contribution in [-0.4, -0.2) is 80.4 Å². The van der Waals surface area contributed by atoms with Crippen molar-refractivity contribution < 1.29 is 23.9 Å². The van der Waals surface area contributed by atoms with Gasteiger partial charge in [0, 0.05) is 56.0 Å². The zero-order valence-corrected chi connectivity index (χ0v) is 24.5. The number of amides is 3. The predicted molar refractivity (Wildman–Crippen MR) is 165 cm³/mol. The number of carbonyl (C=O) groups is 4. The van der Waals surface area contributed by atoms with Crippen LogP contribution in [0.4, 0.5) is 11.4 Å². The largest absolute Gasteiger partial charge is 0.465 e. The third-order valence-corrected chi connectivity index (χ3v) is 7.72. The third-order valence-electron chi connectivity index (χ3n) is 7.72. The van der Waals surface area contributed by atoms with Crippen LogP contribution in [0.1, 0.15) is 43.8 Å². The van der Waals surface area contributed by atoms with Gasteiger partial charge in [-0.1, -0.05) is 30.3 Å². The molecular weight excluding hydrogens is 546 g/mol. The minimum absolute atomic E-state index is 0.0451. The lowest BCUT2D eigenvalue weighted by atomic mass is 9.96. The molecule has 5 rings (SSSR count). The van der Waals surface area contributed by atoms with Gasteiger partial charge in [-0.25, -0.2) is 4.79 Å². The molecule has 3 aromatic carbocycles. The van der Waals surface area contributed by atoms with Crippen LogP contribution in [0.3, 0.4) is 0 Å². The van der Waals surface area contributed by atoms with Gasteiger partial charge in [0.25, 0.3) is 11.8 Å². The van der Waals surface area contributed by atoms with Crippen LogP contribution in [0.5, 0.6) is 0 Å². The monoisotopic (exact) mass is 581 g/mol. The Labute approximate surface area is 250 Å². The number of ether oxygens (including phenoxy) is 1. The second-order valence-electron chi connectivity index (χ2n) is 10.7. The second kappa shape index (κ2) is 12.9. The van der Waals surface area contributed by atoms with Crippen molar-refractivity contribution in [2.45, 2.75) is 13.3 Å². The zero-order valence-electron chi connectivity index (χ0n) is 24.5. The maximum absolute atomic E-state index is 13.3. The van der Waals surface area contributed by atoms with E-state index in [2.05, 4.69) is 20.9 Å². The van der Waals surface area contributed by atoms with E-state index in [1.807, 2.05) is 42.3 Å². The van der Waals surface area contributed by atoms with E-state index in [9.17, 15) is 19.2 Å². The molecule has 3 aromatic rings. The molecule has 10 heteroatoms. The molecule has 2 aliphatic heterocycles. The minimum Gasteiger partial charge on any atom is -0.465 e. The van der Waals surface area contributed by atoms with E-state index in [0.717, 1.165) is 18.7 Å². The van der Waals surface area contributed by atoms with Gasteiger partial charge < -0.3 is 30.5 Å². The first-order valence-corrected chi connectivity index (χ1v) is 14.2. The van der Waals surface area contributed by atoms with E-state index < -0.39 is 5.97 Å². The average Bonchev–Trinajstić information content (AvgIpc) is 3.34. The van der Waals surface area contributed by atoms with Gasteiger partial charge in [-0.2, -0.15) is 0 Å². The number of piperazine rings is 1. The fraction of sp³-hybridized carbons (Fsp3) is 0.273. The number of fused-ring (bicyclic) bond motifs is 1. The molecule has 0 spiro atoms. The number of benzene rings is 3.